The van der Waals surface area contributed by atoms with E-state index in [2.05, 4.69) is 0 Å². The van der Waals surface area contributed by atoms with Gasteiger partial charge in [0.2, 0.25) is 29.0 Å². The molecule has 4 aliphatic rings. The lowest BCUT2D eigenvalue weighted by atomic mass is 9.77. The molecule has 2 aromatic carbocycles. The van der Waals surface area contributed by atoms with Gasteiger partial charge >= 0.3 is 0 Å². The standard InChI is InChI=1S/C27H25NO5/c1-15-9-5-6-12-17(15)22-20-21(26(32)28(25(20)31)16-10-3-2-4-11-16)27(33-22)23(29)18-13-7-8-14-19(18)24(27)30/h5-9,12-14,16,20-22H,2-4,10-11H2,1H3/t20-,21+,22-/m0/s1. The number of ether oxygens (including phenoxy) is 1. The molecule has 0 aromatic heterocycles. The molecule has 1 spiro atoms. The SMILES string of the molecule is Cc1ccccc1[C@@H]1OC2(C(=O)c3ccccc3C2=O)[C@H]2C(=O)N(C3CCCCC3)C(=O)[C@H]12. The van der Waals surface area contributed by atoms with E-state index >= 15 is 0 Å². The Morgan fingerprint density at radius 2 is 1.42 bits per heavy atom. The molecule has 2 aromatic rings. The number of ketones is 2. The number of fused-ring (bicyclic) bond motifs is 3. The zero-order chi connectivity index (χ0) is 22.9. The number of imide groups is 1. The molecular weight excluding hydrogens is 418 g/mol. The summed E-state index contributed by atoms with van der Waals surface area (Å²) in [6, 6.07) is 13.9. The number of carbonyl (C=O) groups is 4. The topological polar surface area (TPSA) is 80.8 Å². The molecule has 33 heavy (non-hydrogen) atoms. The first-order valence-electron chi connectivity index (χ1n) is 11.8. The molecule has 2 aliphatic carbocycles. The molecule has 0 radical (unpaired) electrons. The van der Waals surface area contributed by atoms with E-state index < -0.39 is 41.0 Å². The first-order valence-corrected chi connectivity index (χ1v) is 11.8. The highest BCUT2D eigenvalue weighted by atomic mass is 16.5. The van der Waals surface area contributed by atoms with Crippen LogP contribution in [-0.4, -0.2) is 39.9 Å². The average molecular weight is 443 g/mol. The lowest BCUT2D eigenvalue weighted by molar-refractivity contribution is -0.148. The second-order valence-electron chi connectivity index (χ2n) is 9.68. The fraction of sp³-hybridized carbons (Fsp3) is 0.407. The second-order valence-corrected chi connectivity index (χ2v) is 9.68. The number of nitrogens with zero attached hydrogens (tertiary/aromatic N) is 1. The Kier molecular flexibility index (Phi) is 4.46. The summed E-state index contributed by atoms with van der Waals surface area (Å²) in [4.78, 5) is 56.6. The molecule has 0 N–H and O–H groups in total. The van der Waals surface area contributed by atoms with Gasteiger partial charge in [-0.2, -0.15) is 0 Å². The predicted molar refractivity (Wildman–Crippen MR) is 119 cm³/mol. The van der Waals surface area contributed by atoms with Crippen LogP contribution in [-0.2, 0) is 14.3 Å². The van der Waals surface area contributed by atoms with E-state index in [-0.39, 0.29) is 23.1 Å². The van der Waals surface area contributed by atoms with Crippen LogP contribution >= 0.6 is 0 Å². The Bertz CT molecular complexity index is 1180. The zero-order valence-electron chi connectivity index (χ0n) is 18.5. The molecule has 2 heterocycles. The lowest BCUT2D eigenvalue weighted by Crippen LogP contribution is -2.52. The van der Waals surface area contributed by atoms with Crippen LogP contribution in [0.25, 0.3) is 0 Å². The molecule has 6 rings (SSSR count). The van der Waals surface area contributed by atoms with Crippen molar-refractivity contribution in [3.8, 4) is 0 Å². The lowest BCUT2D eigenvalue weighted by Gasteiger charge is -2.33. The third-order valence-corrected chi connectivity index (χ3v) is 7.99. The Morgan fingerprint density at radius 3 is 2.06 bits per heavy atom. The van der Waals surface area contributed by atoms with E-state index in [1.165, 1.54) is 4.90 Å². The van der Waals surface area contributed by atoms with Crippen LogP contribution in [0.15, 0.2) is 48.5 Å². The minimum atomic E-state index is -1.97. The maximum atomic E-state index is 13.9. The molecule has 0 bridgehead atoms. The van der Waals surface area contributed by atoms with Gasteiger partial charge in [-0.15, -0.1) is 0 Å². The van der Waals surface area contributed by atoms with Crippen molar-refractivity contribution in [3.05, 3.63) is 70.8 Å². The van der Waals surface area contributed by atoms with Crippen molar-refractivity contribution in [2.24, 2.45) is 11.8 Å². The first kappa shape index (κ1) is 20.5. The molecule has 1 saturated carbocycles. The number of rotatable bonds is 2. The molecule has 6 nitrogen and oxygen atoms in total. The minimum absolute atomic E-state index is 0.173. The van der Waals surface area contributed by atoms with E-state index in [9.17, 15) is 19.2 Å². The van der Waals surface area contributed by atoms with Crippen LogP contribution in [0.2, 0.25) is 0 Å². The monoisotopic (exact) mass is 443 g/mol. The number of amides is 2. The van der Waals surface area contributed by atoms with Gasteiger partial charge in [0.15, 0.2) is 0 Å². The van der Waals surface area contributed by atoms with Crippen molar-refractivity contribution in [1.29, 1.82) is 0 Å². The van der Waals surface area contributed by atoms with Gasteiger partial charge in [0, 0.05) is 17.2 Å². The quantitative estimate of drug-likeness (QED) is 0.521. The first-order chi connectivity index (χ1) is 16.0. The van der Waals surface area contributed by atoms with E-state index in [4.69, 9.17) is 4.74 Å². The molecule has 2 aliphatic heterocycles. The summed E-state index contributed by atoms with van der Waals surface area (Å²) in [5, 5.41) is 0. The van der Waals surface area contributed by atoms with Crippen LogP contribution in [0.4, 0.5) is 0 Å². The van der Waals surface area contributed by atoms with Gasteiger partial charge in [0.1, 0.15) is 0 Å². The van der Waals surface area contributed by atoms with Crippen LogP contribution in [0.5, 0.6) is 0 Å². The third kappa shape index (κ3) is 2.58. The maximum Gasteiger partial charge on any atom is 0.237 e. The summed E-state index contributed by atoms with van der Waals surface area (Å²) in [5.41, 5.74) is 0.195. The summed E-state index contributed by atoms with van der Waals surface area (Å²) in [6.07, 6.45) is 3.71. The number of hydrogen-bond donors (Lipinski definition) is 0. The largest absolute Gasteiger partial charge is 0.349 e. The van der Waals surface area contributed by atoms with Gasteiger partial charge < -0.3 is 4.74 Å². The van der Waals surface area contributed by atoms with Crippen molar-refractivity contribution in [3.63, 3.8) is 0 Å². The summed E-state index contributed by atoms with van der Waals surface area (Å²) in [7, 11) is 0. The summed E-state index contributed by atoms with van der Waals surface area (Å²) in [6.45, 7) is 1.91. The van der Waals surface area contributed by atoms with E-state index in [0.29, 0.717) is 0 Å². The van der Waals surface area contributed by atoms with Crippen molar-refractivity contribution >= 4 is 23.4 Å². The molecule has 2 amide bonds. The zero-order valence-corrected chi connectivity index (χ0v) is 18.5. The molecule has 6 heteroatoms. The van der Waals surface area contributed by atoms with E-state index in [1.807, 2.05) is 31.2 Å². The predicted octanol–water partition coefficient (Wildman–Crippen LogP) is 3.82. The maximum absolute atomic E-state index is 13.9. The number of aryl methyl sites for hydroxylation is 1. The number of carbonyl (C=O) groups excluding carboxylic acids is 4. The third-order valence-electron chi connectivity index (χ3n) is 7.99. The van der Waals surface area contributed by atoms with Crippen molar-refractivity contribution in [1.82, 2.24) is 4.90 Å². The molecule has 3 fully saturated rings. The Labute approximate surface area is 191 Å². The average Bonchev–Trinajstić information content (AvgIpc) is 3.40. The number of benzene rings is 2. The highest BCUT2D eigenvalue weighted by molar-refractivity contribution is 6.35. The number of likely N-dealkylation sites (tertiary alicyclic amines) is 1. The van der Waals surface area contributed by atoms with Gasteiger partial charge in [0.05, 0.1) is 17.9 Å². The van der Waals surface area contributed by atoms with E-state index in [0.717, 1.165) is 43.2 Å². The Morgan fingerprint density at radius 1 is 0.818 bits per heavy atom. The molecule has 3 atom stereocenters. The highest BCUT2D eigenvalue weighted by Crippen LogP contribution is 2.58. The molecule has 168 valence electrons. The Balaban J connectivity index is 1.52. The fourth-order valence-corrected chi connectivity index (χ4v) is 6.43. The molecular formula is C27H25NO5. The van der Waals surface area contributed by atoms with Gasteiger partial charge in [-0.25, -0.2) is 0 Å². The van der Waals surface area contributed by atoms with Gasteiger partial charge in [-0.1, -0.05) is 67.8 Å². The van der Waals surface area contributed by atoms with Crippen molar-refractivity contribution in [2.45, 2.75) is 56.8 Å². The number of hydrogen-bond acceptors (Lipinski definition) is 5. The second kappa shape index (κ2) is 7.19. The summed E-state index contributed by atoms with van der Waals surface area (Å²) in [5.74, 6) is -3.76. The van der Waals surface area contributed by atoms with E-state index in [1.54, 1.807) is 24.3 Å². The van der Waals surface area contributed by atoms with Crippen LogP contribution < -0.4 is 0 Å². The summed E-state index contributed by atoms with van der Waals surface area (Å²) >= 11 is 0. The van der Waals surface area contributed by atoms with Crippen LogP contribution in [0.3, 0.4) is 0 Å². The summed E-state index contributed by atoms with van der Waals surface area (Å²) < 4.78 is 6.36. The van der Waals surface area contributed by atoms with Gasteiger partial charge in [0.25, 0.3) is 0 Å². The van der Waals surface area contributed by atoms with Gasteiger partial charge in [-0.05, 0) is 30.9 Å². The van der Waals surface area contributed by atoms with Gasteiger partial charge in [-0.3, -0.25) is 24.1 Å². The van der Waals surface area contributed by atoms with Crippen LogP contribution in [0, 0.1) is 18.8 Å². The molecule has 0 unspecified atom stereocenters. The highest BCUT2D eigenvalue weighted by Gasteiger charge is 2.75. The number of Topliss-reactive ketones (excluding diaryl/α,β-unsaturated/α-hetero) is 2. The fourth-order valence-electron chi connectivity index (χ4n) is 6.43. The normalized spacial score (nSPS) is 28.6. The van der Waals surface area contributed by atoms with Crippen LogP contribution in [0.1, 0.15) is 70.1 Å². The molecule has 2 saturated heterocycles. The van der Waals surface area contributed by atoms with Crippen molar-refractivity contribution < 1.29 is 23.9 Å². The van der Waals surface area contributed by atoms with Crippen molar-refractivity contribution in [2.75, 3.05) is 0 Å². The smallest absolute Gasteiger partial charge is 0.237 e. The minimum Gasteiger partial charge on any atom is -0.349 e. The Hall–Kier alpha value is -3.12.